The average Bonchev–Trinajstić information content (AvgIpc) is 2.83. The Balaban J connectivity index is 1.79. The number of para-hydroxylation sites is 1. The van der Waals surface area contributed by atoms with Crippen LogP contribution in [0, 0.1) is 5.92 Å². The number of carbonyl (C=O) groups excluding carboxylic acids is 1. The Kier molecular flexibility index (Phi) is 2.85. The number of rotatable bonds is 2. The van der Waals surface area contributed by atoms with Gasteiger partial charge in [-0.05, 0) is 24.5 Å². The van der Waals surface area contributed by atoms with E-state index in [2.05, 4.69) is 11.4 Å². The van der Waals surface area contributed by atoms with Gasteiger partial charge in [-0.25, -0.2) is 0 Å². The van der Waals surface area contributed by atoms with Crippen LogP contribution in [0.4, 0.5) is 5.69 Å². The smallest absolute Gasteiger partial charge is 0.145 e. The molecule has 3 heteroatoms. The van der Waals surface area contributed by atoms with Crippen molar-refractivity contribution in [3.8, 4) is 0 Å². The first-order valence-electron chi connectivity index (χ1n) is 6.30. The highest BCUT2D eigenvalue weighted by molar-refractivity contribution is 5.91. The van der Waals surface area contributed by atoms with Gasteiger partial charge < -0.3 is 10.1 Å². The van der Waals surface area contributed by atoms with Crippen LogP contribution in [0.3, 0.4) is 0 Å². The minimum atomic E-state index is 0.0503. The van der Waals surface area contributed by atoms with Crippen LogP contribution in [0.15, 0.2) is 24.3 Å². The van der Waals surface area contributed by atoms with E-state index in [-0.39, 0.29) is 11.8 Å². The van der Waals surface area contributed by atoms with Crippen molar-refractivity contribution in [1.29, 1.82) is 0 Å². The van der Waals surface area contributed by atoms with Gasteiger partial charge in [0, 0.05) is 31.4 Å². The molecule has 90 valence electrons. The fourth-order valence-corrected chi connectivity index (χ4v) is 2.80. The monoisotopic (exact) mass is 231 g/mol. The normalized spacial score (nSPS) is 24.1. The molecule has 0 radical (unpaired) electrons. The number of hydrogen-bond acceptors (Lipinski definition) is 3. The minimum Gasteiger partial charge on any atom is -0.384 e. The van der Waals surface area contributed by atoms with E-state index in [0.29, 0.717) is 5.78 Å². The van der Waals surface area contributed by atoms with E-state index in [4.69, 9.17) is 4.74 Å². The largest absolute Gasteiger partial charge is 0.384 e. The molecule has 3 rings (SSSR count). The van der Waals surface area contributed by atoms with E-state index < -0.39 is 0 Å². The maximum absolute atomic E-state index is 12.5. The molecule has 1 fully saturated rings. The van der Waals surface area contributed by atoms with Crippen LogP contribution in [0.5, 0.6) is 0 Å². The summed E-state index contributed by atoms with van der Waals surface area (Å²) in [5.41, 5.74) is 2.29. The van der Waals surface area contributed by atoms with Crippen molar-refractivity contribution in [1.82, 2.24) is 0 Å². The Bertz CT molecular complexity index is 424. The second kappa shape index (κ2) is 4.49. The highest BCUT2D eigenvalue weighted by atomic mass is 16.5. The van der Waals surface area contributed by atoms with Crippen molar-refractivity contribution in [2.75, 3.05) is 25.1 Å². The van der Waals surface area contributed by atoms with Gasteiger partial charge in [0.25, 0.3) is 0 Å². The van der Waals surface area contributed by atoms with Crippen LogP contribution in [0.2, 0.25) is 0 Å². The van der Waals surface area contributed by atoms with Gasteiger partial charge in [0.05, 0.1) is 5.92 Å². The van der Waals surface area contributed by atoms with Crippen LogP contribution < -0.4 is 5.32 Å². The van der Waals surface area contributed by atoms with Gasteiger partial charge in [0.2, 0.25) is 0 Å². The quantitative estimate of drug-likeness (QED) is 0.848. The molecule has 2 heterocycles. The van der Waals surface area contributed by atoms with Gasteiger partial charge in [-0.15, -0.1) is 0 Å². The average molecular weight is 231 g/mol. The summed E-state index contributed by atoms with van der Waals surface area (Å²) in [5.74, 6) is 0.641. The Morgan fingerprint density at radius 3 is 2.82 bits per heavy atom. The zero-order valence-corrected chi connectivity index (χ0v) is 9.82. The topological polar surface area (TPSA) is 38.3 Å². The van der Waals surface area contributed by atoms with Crippen LogP contribution >= 0.6 is 0 Å². The number of ketones is 1. The summed E-state index contributed by atoms with van der Waals surface area (Å²) < 4.78 is 5.31. The van der Waals surface area contributed by atoms with Crippen LogP contribution in [0.25, 0.3) is 0 Å². The van der Waals surface area contributed by atoms with Crippen LogP contribution in [0.1, 0.15) is 24.3 Å². The van der Waals surface area contributed by atoms with E-state index in [1.807, 2.05) is 18.2 Å². The van der Waals surface area contributed by atoms with E-state index >= 15 is 0 Å². The molecule has 2 aliphatic rings. The number of fused-ring (bicyclic) bond motifs is 1. The maximum Gasteiger partial charge on any atom is 0.145 e. The molecule has 0 aromatic heterocycles. The number of nitrogens with one attached hydrogen (secondary N) is 1. The molecule has 1 atom stereocenters. The Hall–Kier alpha value is -1.35. The van der Waals surface area contributed by atoms with Crippen molar-refractivity contribution in [2.24, 2.45) is 5.92 Å². The number of Topliss-reactive ketones (excluding diaryl/α,β-unsaturated/α-hetero) is 1. The van der Waals surface area contributed by atoms with Crippen molar-refractivity contribution in [2.45, 2.75) is 18.8 Å². The van der Waals surface area contributed by atoms with E-state index in [9.17, 15) is 4.79 Å². The molecule has 1 unspecified atom stereocenters. The number of ether oxygens (including phenoxy) is 1. The SMILES string of the molecule is O=C(C1CCOCC1)C1CNc2ccccc21. The molecular weight excluding hydrogens is 214 g/mol. The number of benzene rings is 1. The predicted octanol–water partition coefficient (Wildman–Crippen LogP) is 2.19. The van der Waals surface area contributed by atoms with Gasteiger partial charge in [0.1, 0.15) is 5.78 Å². The van der Waals surface area contributed by atoms with Gasteiger partial charge in [-0.1, -0.05) is 18.2 Å². The fourth-order valence-electron chi connectivity index (χ4n) is 2.80. The molecule has 1 N–H and O–H groups in total. The van der Waals surface area contributed by atoms with Gasteiger partial charge in [-0.3, -0.25) is 4.79 Å². The molecule has 0 amide bonds. The van der Waals surface area contributed by atoms with E-state index in [1.54, 1.807) is 0 Å². The predicted molar refractivity (Wildman–Crippen MR) is 66.2 cm³/mol. The lowest BCUT2D eigenvalue weighted by molar-refractivity contribution is -0.126. The highest BCUT2D eigenvalue weighted by Crippen LogP contribution is 2.34. The van der Waals surface area contributed by atoms with Gasteiger partial charge in [-0.2, -0.15) is 0 Å². The first-order chi connectivity index (χ1) is 8.36. The number of carbonyl (C=O) groups is 1. The lowest BCUT2D eigenvalue weighted by Crippen LogP contribution is -2.28. The van der Waals surface area contributed by atoms with Crippen molar-refractivity contribution in [3.63, 3.8) is 0 Å². The third-order valence-electron chi connectivity index (χ3n) is 3.80. The van der Waals surface area contributed by atoms with Crippen LogP contribution in [-0.2, 0) is 9.53 Å². The van der Waals surface area contributed by atoms with Gasteiger partial charge >= 0.3 is 0 Å². The second-order valence-electron chi connectivity index (χ2n) is 4.81. The minimum absolute atomic E-state index is 0.0503. The Labute approximate surface area is 101 Å². The molecule has 2 aliphatic heterocycles. The summed E-state index contributed by atoms with van der Waals surface area (Å²) in [6.07, 6.45) is 1.77. The third kappa shape index (κ3) is 1.95. The molecule has 1 saturated heterocycles. The number of anilines is 1. The third-order valence-corrected chi connectivity index (χ3v) is 3.80. The summed E-state index contributed by atoms with van der Waals surface area (Å²) >= 11 is 0. The molecule has 17 heavy (non-hydrogen) atoms. The fraction of sp³-hybridized carbons (Fsp3) is 0.500. The summed E-state index contributed by atoms with van der Waals surface area (Å²) in [6.45, 7) is 2.23. The van der Waals surface area contributed by atoms with Crippen molar-refractivity contribution < 1.29 is 9.53 Å². The molecule has 0 saturated carbocycles. The lowest BCUT2D eigenvalue weighted by Gasteiger charge is -2.23. The molecule has 1 aromatic carbocycles. The maximum atomic E-state index is 12.5. The summed E-state index contributed by atoms with van der Waals surface area (Å²) in [7, 11) is 0. The standard InChI is InChI=1S/C14H17NO2/c16-14(10-5-7-17-8-6-10)12-9-15-13-4-2-1-3-11(12)13/h1-4,10,12,15H,5-9H2. The lowest BCUT2D eigenvalue weighted by atomic mass is 9.85. The molecule has 1 aromatic rings. The molecule has 0 bridgehead atoms. The molecule has 3 nitrogen and oxygen atoms in total. The second-order valence-corrected chi connectivity index (χ2v) is 4.81. The summed E-state index contributed by atoms with van der Waals surface area (Å²) in [5, 5.41) is 3.32. The molecule has 0 aliphatic carbocycles. The zero-order chi connectivity index (χ0) is 11.7. The zero-order valence-electron chi connectivity index (χ0n) is 9.82. The number of hydrogen-bond donors (Lipinski definition) is 1. The summed E-state index contributed by atoms with van der Waals surface area (Å²) in [6, 6.07) is 8.13. The Morgan fingerprint density at radius 2 is 2.00 bits per heavy atom. The Morgan fingerprint density at radius 1 is 1.24 bits per heavy atom. The van der Waals surface area contributed by atoms with E-state index in [1.165, 1.54) is 5.56 Å². The van der Waals surface area contributed by atoms with Gasteiger partial charge in [0.15, 0.2) is 0 Å². The van der Waals surface area contributed by atoms with E-state index in [0.717, 1.165) is 38.3 Å². The van der Waals surface area contributed by atoms with Crippen LogP contribution in [-0.4, -0.2) is 25.5 Å². The molecular formula is C14H17NO2. The highest BCUT2D eigenvalue weighted by Gasteiger charge is 2.33. The summed E-state index contributed by atoms with van der Waals surface area (Å²) in [4.78, 5) is 12.5. The first-order valence-corrected chi connectivity index (χ1v) is 6.30. The van der Waals surface area contributed by atoms with Crippen molar-refractivity contribution in [3.05, 3.63) is 29.8 Å². The molecule has 0 spiro atoms. The first kappa shape index (κ1) is 10.8. The van der Waals surface area contributed by atoms with Crippen molar-refractivity contribution >= 4 is 11.5 Å².